The summed E-state index contributed by atoms with van der Waals surface area (Å²) in [6.45, 7) is 1.79. The molecule has 0 aliphatic carbocycles. The minimum atomic E-state index is -0.100. The maximum Gasteiger partial charge on any atom is 0.238 e. The molecule has 2 heterocycles. The maximum atomic E-state index is 8.89. The molecule has 2 aromatic rings. The van der Waals surface area contributed by atoms with Crippen LogP contribution in [0.1, 0.15) is 11.4 Å². The van der Waals surface area contributed by atoms with E-state index in [-0.39, 0.29) is 6.61 Å². The molecule has 0 aliphatic rings. The number of H-pyrrole nitrogens is 1. The second-order valence-electron chi connectivity index (χ2n) is 3.13. The molecule has 0 unspecified atom stereocenters. The van der Waals surface area contributed by atoms with Gasteiger partial charge in [-0.25, -0.2) is 0 Å². The summed E-state index contributed by atoms with van der Waals surface area (Å²) in [6, 6.07) is 5.17. The summed E-state index contributed by atoms with van der Waals surface area (Å²) in [5.74, 6) is 1.11. The molecule has 5 nitrogen and oxygen atoms in total. The van der Waals surface area contributed by atoms with Crippen molar-refractivity contribution in [2.75, 3.05) is 0 Å². The van der Waals surface area contributed by atoms with Gasteiger partial charge in [-0.1, -0.05) is 0 Å². The van der Waals surface area contributed by atoms with Gasteiger partial charge in [-0.3, -0.25) is 10.1 Å². The SMILES string of the molecule is Cc1cc(Oc2ccnc(CO)c2)n[nH]1. The molecule has 0 spiro atoms. The van der Waals surface area contributed by atoms with Crippen LogP contribution in [0.5, 0.6) is 11.6 Å². The third kappa shape index (κ3) is 2.32. The number of ether oxygens (including phenoxy) is 1. The van der Waals surface area contributed by atoms with Crippen molar-refractivity contribution in [2.45, 2.75) is 13.5 Å². The van der Waals surface area contributed by atoms with Crippen molar-refractivity contribution in [1.82, 2.24) is 15.2 Å². The molecule has 0 aromatic carbocycles. The summed E-state index contributed by atoms with van der Waals surface area (Å²) in [6.07, 6.45) is 1.58. The van der Waals surface area contributed by atoms with Crippen LogP contribution in [0, 0.1) is 6.92 Å². The van der Waals surface area contributed by atoms with E-state index in [1.54, 1.807) is 24.4 Å². The monoisotopic (exact) mass is 205 g/mol. The van der Waals surface area contributed by atoms with Gasteiger partial charge in [0.1, 0.15) is 5.75 Å². The number of hydrogen-bond acceptors (Lipinski definition) is 4. The second kappa shape index (κ2) is 4.10. The number of aromatic amines is 1. The van der Waals surface area contributed by atoms with Gasteiger partial charge in [0.15, 0.2) is 0 Å². The lowest BCUT2D eigenvalue weighted by atomic mass is 10.3. The molecule has 0 bridgehead atoms. The molecule has 15 heavy (non-hydrogen) atoms. The summed E-state index contributed by atoms with van der Waals surface area (Å²) in [5, 5.41) is 15.6. The van der Waals surface area contributed by atoms with Crippen molar-refractivity contribution in [3.8, 4) is 11.6 Å². The fraction of sp³-hybridized carbons (Fsp3) is 0.200. The number of aryl methyl sites for hydroxylation is 1. The third-order valence-corrected chi connectivity index (χ3v) is 1.85. The van der Waals surface area contributed by atoms with E-state index in [1.807, 2.05) is 6.92 Å². The van der Waals surface area contributed by atoms with E-state index in [0.717, 1.165) is 5.69 Å². The first kappa shape index (κ1) is 9.67. The number of pyridine rings is 1. The van der Waals surface area contributed by atoms with E-state index in [9.17, 15) is 0 Å². The van der Waals surface area contributed by atoms with Crippen molar-refractivity contribution < 1.29 is 9.84 Å². The Kier molecular flexibility index (Phi) is 2.64. The van der Waals surface area contributed by atoms with Gasteiger partial charge >= 0.3 is 0 Å². The minimum Gasteiger partial charge on any atom is -0.437 e. The van der Waals surface area contributed by atoms with Gasteiger partial charge in [-0.2, -0.15) is 0 Å². The van der Waals surface area contributed by atoms with Crippen molar-refractivity contribution in [3.63, 3.8) is 0 Å². The Balaban J connectivity index is 2.16. The first-order chi connectivity index (χ1) is 7.28. The van der Waals surface area contributed by atoms with Crippen molar-refractivity contribution in [2.24, 2.45) is 0 Å². The van der Waals surface area contributed by atoms with Crippen LogP contribution in [0.2, 0.25) is 0 Å². The van der Waals surface area contributed by atoms with Crippen LogP contribution < -0.4 is 4.74 Å². The maximum absolute atomic E-state index is 8.89. The summed E-state index contributed by atoms with van der Waals surface area (Å²) >= 11 is 0. The largest absolute Gasteiger partial charge is 0.437 e. The third-order valence-electron chi connectivity index (χ3n) is 1.85. The van der Waals surface area contributed by atoms with Gasteiger partial charge in [-0.15, -0.1) is 5.10 Å². The van der Waals surface area contributed by atoms with Crippen LogP contribution in [0.3, 0.4) is 0 Å². The average molecular weight is 205 g/mol. The normalized spacial score (nSPS) is 10.3. The van der Waals surface area contributed by atoms with Crippen molar-refractivity contribution in [3.05, 3.63) is 35.8 Å². The van der Waals surface area contributed by atoms with Gasteiger partial charge in [-0.05, 0) is 13.0 Å². The van der Waals surface area contributed by atoms with E-state index >= 15 is 0 Å². The molecule has 0 saturated heterocycles. The molecule has 0 fully saturated rings. The quantitative estimate of drug-likeness (QED) is 0.794. The molecular formula is C10H11N3O2. The van der Waals surface area contributed by atoms with Crippen molar-refractivity contribution >= 4 is 0 Å². The number of aliphatic hydroxyl groups is 1. The highest BCUT2D eigenvalue weighted by Crippen LogP contribution is 2.19. The van der Waals surface area contributed by atoms with Crippen LogP contribution in [-0.4, -0.2) is 20.3 Å². The zero-order valence-electron chi connectivity index (χ0n) is 8.27. The number of nitrogens with zero attached hydrogens (tertiary/aromatic N) is 2. The zero-order valence-corrected chi connectivity index (χ0v) is 8.27. The number of hydrogen-bond donors (Lipinski definition) is 2. The van der Waals surface area contributed by atoms with Gasteiger partial charge in [0.05, 0.1) is 12.3 Å². The molecule has 78 valence electrons. The predicted octanol–water partition coefficient (Wildman–Crippen LogP) is 1.40. The fourth-order valence-electron chi connectivity index (χ4n) is 1.17. The van der Waals surface area contributed by atoms with Gasteiger partial charge < -0.3 is 9.84 Å². The van der Waals surface area contributed by atoms with Gasteiger partial charge in [0, 0.05) is 24.0 Å². The van der Waals surface area contributed by atoms with E-state index in [2.05, 4.69) is 15.2 Å². The number of aliphatic hydroxyl groups excluding tert-OH is 1. The summed E-state index contributed by atoms with van der Waals surface area (Å²) < 4.78 is 5.45. The Morgan fingerprint density at radius 1 is 1.47 bits per heavy atom. The Morgan fingerprint density at radius 3 is 3.00 bits per heavy atom. The van der Waals surface area contributed by atoms with E-state index < -0.39 is 0 Å². The lowest BCUT2D eigenvalue weighted by molar-refractivity contribution is 0.276. The average Bonchev–Trinajstić information content (AvgIpc) is 2.64. The Hall–Kier alpha value is -1.88. The van der Waals surface area contributed by atoms with Crippen LogP contribution in [0.25, 0.3) is 0 Å². The lowest BCUT2D eigenvalue weighted by Crippen LogP contribution is -1.90. The van der Waals surface area contributed by atoms with Crippen LogP contribution in [0.4, 0.5) is 0 Å². The van der Waals surface area contributed by atoms with Crippen LogP contribution >= 0.6 is 0 Å². The molecule has 2 aromatic heterocycles. The molecule has 0 atom stereocenters. The van der Waals surface area contributed by atoms with E-state index in [4.69, 9.17) is 9.84 Å². The smallest absolute Gasteiger partial charge is 0.238 e. The summed E-state index contributed by atoms with van der Waals surface area (Å²) in [7, 11) is 0. The van der Waals surface area contributed by atoms with Gasteiger partial charge in [0.2, 0.25) is 5.88 Å². The fourth-order valence-corrected chi connectivity index (χ4v) is 1.17. The van der Waals surface area contributed by atoms with Gasteiger partial charge in [0.25, 0.3) is 0 Å². The Labute approximate surface area is 86.7 Å². The molecule has 5 heteroatoms. The highest BCUT2D eigenvalue weighted by atomic mass is 16.5. The molecule has 0 saturated carbocycles. The Bertz CT molecular complexity index is 453. The first-order valence-corrected chi connectivity index (χ1v) is 4.53. The van der Waals surface area contributed by atoms with Crippen LogP contribution in [-0.2, 0) is 6.61 Å². The highest BCUT2D eigenvalue weighted by Gasteiger charge is 2.01. The molecule has 2 N–H and O–H groups in total. The minimum absolute atomic E-state index is 0.100. The summed E-state index contributed by atoms with van der Waals surface area (Å²) in [5.41, 5.74) is 1.50. The predicted molar refractivity (Wildman–Crippen MR) is 53.6 cm³/mol. The lowest BCUT2D eigenvalue weighted by Gasteiger charge is -2.02. The molecule has 2 rings (SSSR count). The standard InChI is InChI=1S/C10H11N3O2/c1-7-4-10(13-12-7)15-9-2-3-11-8(5-9)6-14/h2-5,14H,6H2,1H3,(H,12,13). The van der Waals surface area contributed by atoms with E-state index in [1.165, 1.54) is 0 Å². The van der Waals surface area contributed by atoms with Crippen molar-refractivity contribution in [1.29, 1.82) is 0 Å². The molecule has 0 aliphatic heterocycles. The Morgan fingerprint density at radius 2 is 2.33 bits per heavy atom. The molecular weight excluding hydrogens is 194 g/mol. The highest BCUT2D eigenvalue weighted by molar-refractivity contribution is 5.27. The summed E-state index contributed by atoms with van der Waals surface area (Å²) in [4.78, 5) is 3.95. The second-order valence-corrected chi connectivity index (χ2v) is 3.13. The van der Waals surface area contributed by atoms with Crippen LogP contribution in [0.15, 0.2) is 24.4 Å². The molecule has 0 radical (unpaired) electrons. The first-order valence-electron chi connectivity index (χ1n) is 4.53. The van der Waals surface area contributed by atoms with E-state index in [0.29, 0.717) is 17.3 Å². The zero-order chi connectivity index (χ0) is 10.7. The number of nitrogens with one attached hydrogen (secondary N) is 1. The number of rotatable bonds is 3. The topological polar surface area (TPSA) is 71.0 Å². The molecule has 0 amide bonds. The number of aromatic nitrogens is 3.